The zero-order chi connectivity index (χ0) is 23.8. The Hall–Kier alpha value is -3.83. The smallest absolute Gasteiger partial charge is 0.338 e. The lowest BCUT2D eigenvalue weighted by molar-refractivity contribution is 0.0510. The highest BCUT2D eigenvalue weighted by atomic mass is 16.5. The number of hydrogen-bond acceptors (Lipinski definition) is 5. The van der Waals surface area contributed by atoms with E-state index in [1.165, 1.54) is 0 Å². The monoisotopic (exact) mass is 452 g/mol. The topological polar surface area (TPSA) is 59.0 Å². The van der Waals surface area contributed by atoms with Crippen LogP contribution in [0.15, 0.2) is 84.2 Å². The van der Waals surface area contributed by atoms with E-state index in [0.717, 1.165) is 21.9 Å². The van der Waals surface area contributed by atoms with Crippen molar-refractivity contribution >= 4 is 22.3 Å². The Labute approximate surface area is 199 Å². The van der Waals surface area contributed by atoms with Crippen molar-refractivity contribution in [2.45, 2.75) is 12.5 Å². The molecular weight excluding hydrogens is 426 g/mol. The van der Waals surface area contributed by atoms with E-state index in [1.54, 1.807) is 12.1 Å². The van der Waals surface area contributed by atoms with Gasteiger partial charge in [0.25, 0.3) is 0 Å². The van der Waals surface area contributed by atoms with E-state index in [-0.39, 0.29) is 18.4 Å². The lowest BCUT2D eigenvalue weighted by Gasteiger charge is -2.31. The van der Waals surface area contributed by atoms with Gasteiger partial charge in [0.15, 0.2) is 0 Å². The molecule has 1 atom stereocenters. The van der Waals surface area contributed by atoms with Crippen LogP contribution in [0.3, 0.4) is 0 Å². The van der Waals surface area contributed by atoms with Crippen molar-refractivity contribution in [3.8, 4) is 11.5 Å². The number of allylic oxidation sites excluding steroid dienone is 1. The molecule has 5 rings (SSSR count). The van der Waals surface area contributed by atoms with Crippen molar-refractivity contribution in [2.24, 2.45) is 0 Å². The molecule has 0 saturated heterocycles. The molecule has 0 bridgehead atoms. The molecule has 1 aliphatic carbocycles. The van der Waals surface area contributed by atoms with Crippen LogP contribution in [-0.4, -0.2) is 42.7 Å². The van der Waals surface area contributed by atoms with Gasteiger partial charge in [-0.1, -0.05) is 54.6 Å². The molecule has 0 spiro atoms. The van der Waals surface area contributed by atoms with Gasteiger partial charge < -0.3 is 14.6 Å². The van der Waals surface area contributed by atoms with Crippen molar-refractivity contribution in [3.63, 3.8) is 0 Å². The van der Waals surface area contributed by atoms with Crippen molar-refractivity contribution < 1.29 is 19.4 Å². The summed E-state index contributed by atoms with van der Waals surface area (Å²) in [5.41, 5.74) is 3.23. The maximum absolute atomic E-state index is 13.0. The summed E-state index contributed by atoms with van der Waals surface area (Å²) in [5, 5.41) is 13.0. The third kappa shape index (κ3) is 3.68. The van der Waals surface area contributed by atoms with Gasteiger partial charge in [-0.3, -0.25) is 4.90 Å². The average molecular weight is 453 g/mol. The Morgan fingerprint density at radius 2 is 1.91 bits per heavy atom. The molecule has 1 aliphatic heterocycles. The van der Waals surface area contributed by atoms with Gasteiger partial charge in [-0.2, -0.15) is 0 Å². The lowest BCUT2D eigenvalue weighted by Crippen LogP contribution is -2.27. The number of aromatic hydroxyl groups is 1. The van der Waals surface area contributed by atoms with E-state index in [9.17, 15) is 9.90 Å². The lowest BCUT2D eigenvalue weighted by atomic mass is 9.83. The van der Waals surface area contributed by atoms with E-state index in [1.807, 2.05) is 62.6 Å². The molecule has 0 saturated carbocycles. The number of hydrogen-bond donors (Lipinski definition) is 1. The zero-order valence-electron chi connectivity index (χ0n) is 19.2. The molecule has 0 aromatic heterocycles. The number of nitrogens with zero attached hydrogens (tertiary/aromatic N) is 1. The largest absolute Gasteiger partial charge is 0.507 e. The number of phenols is 1. The second-order valence-electron chi connectivity index (χ2n) is 8.59. The van der Waals surface area contributed by atoms with E-state index in [4.69, 9.17) is 9.47 Å². The van der Waals surface area contributed by atoms with E-state index < -0.39 is 5.97 Å². The van der Waals surface area contributed by atoms with Gasteiger partial charge in [0, 0.05) is 22.6 Å². The minimum Gasteiger partial charge on any atom is -0.507 e. The fourth-order valence-electron chi connectivity index (χ4n) is 4.49. The van der Waals surface area contributed by atoms with Crippen LogP contribution >= 0.6 is 0 Å². The summed E-state index contributed by atoms with van der Waals surface area (Å²) >= 11 is 0. The number of benzene rings is 3. The number of phenolic OH excluding ortho intramolecular Hbond substituents is 1. The fraction of sp³-hybridized carbons (Fsp3) is 0.172. The Bertz CT molecular complexity index is 1380. The maximum Gasteiger partial charge on any atom is 0.338 e. The third-order valence-corrected chi connectivity index (χ3v) is 6.15. The molecule has 1 N–H and O–H groups in total. The first-order valence-electron chi connectivity index (χ1n) is 11.3. The van der Waals surface area contributed by atoms with Crippen molar-refractivity contribution in [1.29, 1.82) is 0 Å². The number of fused-ring (bicyclic) bond motifs is 4. The number of esters is 1. The molecule has 1 radical (unpaired) electrons. The first-order chi connectivity index (χ1) is 16.5. The SMILES string of the molecule is [CH2]CCOC(=O)c1ccccc1C1=C2C=CC(N(C)C)C=C2Oc2c1c(O)cc1ccccc21. The minimum atomic E-state index is -0.419. The van der Waals surface area contributed by atoms with Crippen molar-refractivity contribution in [2.75, 3.05) is 20.7 Å². The van der Waals surface area contributed by atoms with Gasteiger partial charge in [0.1, 0.15) is 17.3 Å². The number of carbonyl (C=O) groups is 1. The van der Waals surface area contributed by atoms with Crippen LogP contribution in [-0.2, 0) is 4.74 Å². The fourth-order valence-corrected chi connectivity index (χ4v) is 4.49. The Kier molecular flexibility index (Phi) is 5.72. The quantitative estimate of drug-likeness (QED) is 0.518. The van der Waals surface area contributed by atoms with Crippen LogP contribution in [0.1, 0.15) is 27.9 Å². The van der Waals surface area contributed by atoms with Crippen LogP contribution in [0.25, 0.3) is 16.3 Å². The second-order valence-corrected chi connectivity index (χ2v) is 8.59. The molecule has 0 amide bonds. The van der Waals surface area contributed by atoms with Crippen molar-refractivity contribution in [3.05, 3.63) is 108 Å². The second kappa shape index (κ2) is 8.84. The molecule has 5 heteroatoms. The molecule has 5 nitrogen and oxygen atoms in total. The number of rotatable bonds is 5. The molecule has 1 unspecified atom stereocenters. The average Bonchev–Trinajstić information content (AvgIpc) is 2.85. The molecule has 3 aromatic carbocycles. The van der Waals surface area contributed by atoms with E-state index >= 15 is 0 Å². The van der Waals surface area contributed by atoms with Crippen LogP contribution in [0.4, 0.5) is 0 Å². The summed E-state index contributed by atoms with van der Waals surface area (Å²) in [6, 6.07) is 16.9. The van der Waals surface area contributed by atoms with E-state index in [0.29, 0.717) is 34.6 Å². The highest BCUT2D eigenvalue weighted by Gasteiger charge is 2.33. The highest BCUT2D eigenvalue weighted by molar-refractivity contribution is 6.06. The normalized spacial score (nSPS) is 16.7. The van der Waals surface area contributed by atoms with Crippen LogP contribution < -0.4 is 4.74 Å². The van der Waals surface area contributed by atoms with Gasteiger partial charge in [0.2, 0.25) is 0 Å². The Morgan fingerprint density at radius 3 is 2.71 bits per heavy atom. The van der Waals surface area contributed by atoms with Gasteiger partial charge in [-0.15, -0.1) is 0 Å². The Balaban J connectivity index is 1.81. The predicted octanol–water partition coefficient (Wildman–Crippen LogP) is 5.50. The minimum absolute atomic E-state index is 0.0578. The first-order valence-corrected chi connectivity index (χ1v) is 11.3. The standard InChI is InChI=1S/C29H26NO4/c1-4-15-33-29(32)22-12-8-7-11-21(22)26-23-14-13-19(30(2)3)17-25(23)34-28-20-10-6-5-9-18(20)16-24(31)27(26)28/h5-14,16-17,19,31H,1,4,15H2,2-3H3. The maximum atomic E-state index is 13.0. The van der Waals surface area contributed by atoms with Crippen LogP contribution in [0.2, 0.25) is 0 Å². The molecule has 1 heterocycles. The summed E-state index contributed by atoms with van der Waals surface area (Å²) in [6.45, 7) is 3.99. The first kappa shape index (κ1) is 22.0. The van der Waals surface area contributed by atoms with Crippen molar-refractivity contribution in [1.82, 2.24) is 4.90 Å². The summed E-state index contributed by atoms with van der Waals surface area (Å²) in [5.74, 6) is 0.950. The summed E-state index contributed by atoms with van der Waals surface area (Å²) in [7, 11) is 4.02. The van der Waals surface area contributed by atoms with Crippen LogP contribution in [0.5, 0.6) is 11.5 Å². The summed E-state index contributed by atoms with van der Waals surface area (Å²) in [6.07, 6.45) is 6.63. The number of ether oxygens (including phenoxy) is 2. The number of carbonyl (C=O) groups excluding carboxylic acids is 1. The zero-order valence-corrected chi connectivity index (χ0v) is 19.2. The molecule has 0 fully saturated rings. The molecule has 34 heavy (non-hydrogen) atoms. The summed E-state index contributed by atoms with van der Waals surface area (Å²) < 4.78 is 11.9. The van der Waals surface area contributed by atoms with Gasteiger partial charge >= 0.3 is 5.97 Å². The predicted molar refractivity (Wildman–Crippen MR) is 134 cm³/mol. The molecule has 2 aliphatic rings. The van der Waals surface area contributed by atoms with Gasteiger partial charge in [0.05, 0.1) is 17.7 Å². The Morgan fingerprint density at radius 1 is 1.15 bits per heavy atom. The third-order valence-electron chi connectivity index (χ3n) is 6.15. The van der Waals surface area contributed by atoms with Crippen LogP contribution in [0, 0.1) is 6.92 Å². The molecule has 171 valence electrons. The van der Waals surface area contributed by atoms with Gasteiger partial charge in [-0.05, 0) is 56.6 Å². The highest BCUT2D eigenvalue weighted by Crippen LogP contribution is 2.50. The van der Waals surface area contributed by atoms with E-state index in [2.05, 4.69) is 24.0 Å². The number of likely N-dealkylation sites (N-methyl/N-ethyl adjacent to an activating group) is 1. The molecule has 3 aromatic rings. The van der Waals surface area contributed by atoms with Gasteiger partial charge in [-0.25, -0.2) is 4.79 Å². The molecular formula is C29H26NO4. The summed E-state index contributed by atoms with van der Waals surface area (Å²) in [4.78, 5) is 15.1.